The number of fused-ring (bicyclic) bond motifs is 1. The van der Waals surface area contributed by atoms with Crippen molar-refractivity contribution in [1.82, 2.24) is 9.29 Å². The van der Waals surface area contributed by atoms with Crippen LogP contribution in [-0.4, -0.2) is 50.0 Å². The highest BCUT2D eigenvalue weighted by molar-refractivity contribution is 7.89. The Balaban J connectivity index is 1.52. The number of hydrogen-bond acceptors (Lipinski definition) is 7. The molecular formula is C19H17ClN2O6S. The zero-order valence-electron chi connectivity index (χ0n) is 15.2. The van der Waals surface area contributed by atoms with Crippen LogP contribution in [0.25, 0.3) is 11.1 Å². The third-order valence-electron chi connectivity index (χ3n) is 4.42. The van der Waals surface area contributed by atoms with Crippen molar-refractivity contribution in [2.45, 2.75) is 11.5 Å². The number of esters is 1. The first-order valence-electron chi connectivity index (χ1n) is 8.84. The predicted octanol–water partition coefficient (Wildman–Crippen LogP) is 2.86. The van der Waals surface area contributed by atoms with Crippen molar-refractivity contribution in [2.24, 2.45) is 0 Å². The van der Waals surface area contributed by atoms with Gasteiger partial charge in [-0.05, 0) is 30.3 Å². The fraction of sp³-hybridized carbons (Fsp3) is 0.263. The molecule has 0 N–H and O–H groups in total. The van der Waals surface area contributed by atoms with Crippen LogP contribution in [0.15, 0.2) is 51.8 Å². The minimum absolute atomic E-state index is 0.0343. The van der Waals surface area contributed by atoms with Gasteiger partial charge in [-0.25, -0.2) is 18.2 Å². The average molecular weight is 437 g/mol. The summed E-state index contributed by atoms with van der Waals surface area (Å²) in [6.45, 7) is 0.893. The maximum Gasteiger partial charge on any atom is 0.338 e. The van der Waals surface area contributed by atoms with E-state index in [-0.39, 0.29) is 41.1 Å². The Kier molecular flexibility index (Phi) is 5.55. The Morgan fingerprint density at radius 2 is 1.93 bits per heavy atom. The number of oxazole rings is 1. The molecule has 1 aliphatic rings. The van der Waals surface area contributed by atoms with Gasteiger partial charge in [0, 0.05) is 13.1 Å². The number of benzene rings is 2. The monoisotopic (exact) mass is 436 g/mol. The first-order chi connectivity index (χ1) is 13.9. The summed E-state index contributed by atoms with van der Waals surface area (Å²) in [6, 6.07) is 11.2. The van der Waals surface area contributed by atoms with Crippen LogP contribution in [0.1, 0.15) is 16.2 Å². The van der Waals surface area contributed by atoms with E-state index in [2.05, 4.69) is 4.98 Å². The van der Waals surface area contributed by atoms with Crippen molar-refractivity contribution in [3.63, 3.8) is 0 Å². The van der Waals surface area contributed by atoms with E-state index < -0.39 is 16.0 Å². The highest BCUT2D eigenvalue weighted by atomic mass is 35.5. The zero-order valence-corrected chi connectivity index (χ0v) is 16.8. The van der Waals surface area contributed by atoms with Gasteiger partial charge >= 0.3 is 5.97 Å². The Labute approximate surface area is 172 Å². The normalized spacial score (nSPS) is 15.5. The average Bonchev–Trinajstić information content (AvgIpc) is 3.16. The van der Waals surface area contributed by atoms with E-state index in [9.17, 15) is 13.2 Å². The molecule has 1 saturated heterocycles. The van der Waals surface area contributed by atoms with Crippen LogP contribution in [-0.2, 0) is 26.1 Å². The molecule has 10 heteroatoms. The van der Waals surface area contributed by atoms with Gasteiger partial charge in [0.25, 0.3) is 0 Å². The van der Waals surface area contributed by atoms with E-state index in [1.54, 1.807) is 12.1 Å². The Morgan fingerprint density at radius 1 is 1.17 bits per heavy atom. The third kappa shape index (κ3) is 4.13. The van der Waals surface area contributed by atoms with E-state index in [0.29, 0.717) is 24.3 Å². The van der Waals surface area contributed by atoms with E-state index in [0.717, 1.165) is 0 Å². The molecule has 0 spiro atoms. The maximum absolute atomic E-state index is 12.9. The van der Waals surface area contributed by atoms with Crippen LogP contribution < -0.4 is 0 Å². The standard InChI is InChI=1S/C19H17ClN2O6S/c20-14-6-5-13(11-17(14)29(24,25)22-7-9-26-10-8-22)19(23)27-12-18-21-15-3-1-2-4-16(15)28-18/h1-6,11H,7-10,12H2. The molecule has 1 aliphatic heterocycles. The van der Waals surface area contributed by atoms with Crippen LogP contribution >= 0.6 is 11.6 Å². The Morgan fingerprint density at radius 3 is 2.69 bits per heavy atom. The molecule has 1 aromatic heterocycles. The number of morpholine rings is 1. The first kappa shape index (κ1) is 19.8. The summed E-state index contributed by atoms with van der Waals surface area (Å²) in [4.78, 5) is 16.5. The predicted molar refractivity (Wildman–Crippen MR) is 104 cm³/mol. The molecule has 29 heavy (non-hydrogen) atoms. The lowest BCUT2D eigenvalue weighted by Gasteiger charge is -2.26. The second-order valence-electron chi connectivity index (χ2n) is 6.31. The van der Waals surface area contributed by atoms with E-state index >= 15 is 0 Å². The fourth-order valence-corrected chi connectivity index (χ4v) is 4.85. The Hall–Kier alpha value is -2.46. The van der Waals surface area contributed by atoms with Crippen LogP contribution in [0.3, 0.4) is 0 Å². The van der Waals surface area contributed by atoms with Crippen LogP contribution in [0.2, 0.25) is 5.02 Å². The summed E-state index contributed by atoms with van der Waals surface area (Å²) in [5, 5.41) is 0.0343. The molecule has 4 rings (SSSR count). The smallest absolute Gasteiger partial charge is 0.338 e. The van der Waals surface area contributed by atoms with Crippen molar-refractivity contribution in [3.05, 3.63) is 58.9 Å². The molecule has 152 valence electrons. The van der Waals surface area contributed by atoms with Crippen LogP contribution in [0.5, 0.6) is 0 Å². The second-order valence-corrected chi connectivity index (χ2v) is 8.63. The van der Waals surface area contributed by atoms with Crippen molar-refractivity contribution in [2.75, 3.05) is 26.3 Å². The van der Waals surface area contributed by atoms with Gasteiger partial charge in [0.1, 0.15) is 10.4 Å². The zero-order chi connectivity index (χ0) is 20.4. The first-order valence-corrected chi connectivity index (χ1v) is 10.7. The summed E-state index contributed by atoms with van der Waals surface area (Å²) in [5.41, 5.74) is 1.31. The lowest BCUT2D eigenvalue weighted by molar-refractivity contribution is 0.0440. The van der Waals surface area contributed by atoms with E-state index in [1.807, 2.05) is 12.1 Å². The molecule has 2 heterocycles. The quantitative estimate of drug-likeness (QED) is 0.567. The number of carbonyl (C=O) groups is 1. The van der Waals surface area contributed by atoms with Gasteiger partial charge in [0.15, 0.2) is 12.2 Å². The lowest BCUT2D eigenvalue weighted by Crippen LogP contribution is -2.40. The van der Waals surface area contributed by atoms with Gasteiger partial charge in [-0.2, -0.15) is 4.31 Å². The molecule has 8 nitrogen and oxygen atoms in total. The molecular weight excluding hydrogens is 420 g/mol. The summed E-state index contributed by atoms with van der Waals surface area (Å²) >= 11 is 6.11. The summed E-state index contributed by atoms with van der Waals surface area (Å²) < 4.78 is 43.0. The topological polar surface area (TPSA) is 98.9 Å². The molecule has 1 fully saturated rings. The second kappa shape index (κ2) is 8.11. The van der Waals surface area contributed by atoms with E-state index in [4.69, 9.17) is 25.5 Å². The molecule has 0 saturated carbocycles. The highest BCUT2D eigenvalue weighted by Crippen LogP contribution is 2.27. The van der Waals surface area contributed by atoms with Crippen molar-refractivity contribution < 1.29 is 27.1 Å². The van der Waals surface area contributed by atoms with Crippen LogP contribution in [0, 0.1) is 0 Å². The molecule has 0 radical (unpaired) electrons. The molecule has 0 bridgehead atoms. The number of carbonyl (C=O) groups excluding carboxylic acids is 1. The Bertz CT molecular complexity index is 1120. The number of nitrogens with zero attached hydrogens (tertiary/aromatic N) is 2. The number of hydrogen-bond donors (Lipinski definition) is 0. The molecule has 0 unspecified atom stereocenters. The molecule has 0 atom stereocenters. The number of aromatic nitrogens is 1. The van der Waals surface area contributed by atoms with Gasteiger partial charge in [-0.1, -0.05) is 23.7 Å². The lowest BCUT2D eigenvalue weighted by atomic mass is 10.2. The largest absolute Gasteiger partial charge is 0.452 e. The number of ether oxygens (including phenoxy) is 2. The number of halogens is 1. The number of sulfonamides is 1. The van der Waals surface area contributed by atoms with Crippen molar-refractivity contribution in [1.29, 1.82) is 0 Å². The third-order valence-corrected chi connectivity index (χ3v) is 6.80. The summed E-state index contributed by atoms with van der Waals surface area (Å²) in [7, 11) is -3.85. The fourth-order valence-electron chi connectivity index (χ4n) is 2.95. The van der Waals surface area contributed by atoms with Crippen molar-refractivity contribution >= 4 is 38.7 Å². The maximum atomic E-state index is 12.9. The summed E-state index contributed by atoms with van der Waals surface area (Å²) in [6.07, 6.45) is 0. The number of rotatable bonds is 5. The molecule has 2 aromatic carbocycles. The minimum atomic E-state index is -3.85. The number of para-hydroxylation sites is 2. The van der Waals surface area contributed by atoms with Gasteiger partial charge in [-0.3, -0.25) is 0 Å². The van der Waals surface area contributed by atoms with Gasteiger partial charge in [-0.15, -0.1) is 0 Å². The van der Waals surface area contributed by atoms with E-state index in [1.165, 1.54) is 22.5 Å². The SMILES string of the molecule is O=C(OCc1nc2ccccc2o1)c1ccc(Cl)c(S(=O)(=O)N2CCOCC2)c1. The van der Waals surface area contributed by atoms with Crippen molar-refractivity contribution in [3.8, 4) is 0 Å². The molecule has 0 aliphatic carbocycles. The molecule has 3 aromatic rings. The van der Waals surface area contributed by atoms with Crippen LogP contribution in [0.4, 0.5) is 0 Å². The highest BCUT2D eigenvalue weighted by Gasteiger charge is 2.29. The van der Waals surface area contributed by atoms with Gasteiger partial charge < -0.3 is 13.9 Å². The summed E-state index contributed by atoms with van der Waals surface area (Å²) in [5.74, 6) is -0.461. The molecule has 0 amide bonds. The van der Waals surface area contributed by atoms with Gasteiger partial charge in [0.2, 0.25) is 15.9 Å². The van der Waals surface area contributed by atoms with Gasteiger partial charge in [0.05, 0.1) is 23.8 Å². The minimum Gasteiger partial charge on any atom is -0.452 e.